The van der Waals surface area contributed by atoms with Gasteiger partial charge in [0.1, 0.15) is 0 Å². The third-order valence-corrected chi connectivity index (χ3v) is 4.78. The summed E-state index contributed by atoms with van der Waals surface area (Å²) in [5.41, 5.74) is 1.04. The van der Waals surface area contributed by atoms with Crippen molar-refractivity contribution < 1.29 is 14.7 Å². The molecule has 5 heteroatoms. The van der Waals surface area contributed by atoms with Gasteiger partial charge in [-0.3, -0.25) is 9.59 Å². The number of fused-ring (bicyclic) bond motifs is 1. The van der Waals surface area contributed by atoms with Crippen LogP contribution in [0.3, 0.4) is 0 Å². The van der Waals surface area contributed by atoms with Gasteiger partial charge < -0.3 is 10.4 Å². The second kappa shape index (κ2) is 5.25. The lowest BCUT2D eigenvalue weighted by atomic mass is 9.80. The molecule has 0 saturated heterocycles. The van der Waals surface area contributed by atoms with Crippen molar-refractivity contribution in [3.05, 3.63) is 35.2 Å². The summed E-state index contributed by atoms with van der Waals surface area (Å²) in [6.45, 7) is 0. The van der Waals surface area contributed by atoms with E-state index in [0.29, 0.717) is 19.3 Å². The first-order valence-corrected chi connectivity index (χ1v) is 7.48. The fourth-order valence-corrected chi connectivity index (χ4v) is 3.52. The molecule has 1 saturated carbocycles. The molecule has 0 spiro atoms. The summed E-state index contributed by atoms with van der Waals surface area (Å²) < 4.78 is 1.19. The van der Waals surface area contributed by atoms with Gasteiger partial charge in [-0.2, -0.15) is 0 Å². The van der Waals surface area contributed by atoms with Gasteiger partial charge in [-0.05, 0) is 35.2 Å². The van der Waals surface area contributed by atoms with Crippen LogP contribution >= 0.6 is 11.3 Å². The Morgan fingerprint density at radius 2 is 2.05 bits per heavy atom. The first kappa shape index (κ1) is 13.1. The summed E-state index contributed by atoms with van der Waals surface area (Å²) in [6, 6.07) is 8.06. The van der Waals surface area contributed by atoms with Crippen molar-refractivity contribution in [1.29, 1.82) is 0 Å². The van der Waals surface area contributed by atoms with E-state index in [0.717, 1.165) is 10.9 Å². The lowest BCUT2D eigenvalue weighted by Gasteiger charge is -2.32. The van der Waals surface area contributed by atoms with Crippen LogP contribution in [0.5, 0.6) is 0 Å². The van der Waals surface area contributed by atoms with E-state index in [-0.39, 0.29) is 17.9 Å². The number of hydrogen-bond acceptors (Lipinski definition) is 3. The molecule has 0 unspecified atom stereocenters. The number of carbonyl (C=O) groups excluding carboxylic acids is 1. The maximum absolute atomic E-state index is 12.0. The fourth-order valence-electron chi connectivity index (χ4n) is 2.56. The van der Waals surface area contributed by atoms with Crippen LogP contribution in [-0.2, 0) is 16.0 Å². The van der Waals surface area contributed by atoms with Gasteiger partial charge in [-0.15, -0.1) is 11.3 Å². The van der Waals surface area contributed by atoms with E-state index < -0.39 is 5.97 Å². The highest BCUT2D eigenvalue weighted by Gasteiger charge is 2.35. The highest BCUT2D eigenvalue weighted by atomic mass is 32.1. The van der Waals surface area contributed by atoms with Gasteiger partial charge in [0.2, 0.25) is 5.91 Å². The lowest BCUT2D eigenvalue weighted by Crippen LogP contribution is -2.47. The van der Waals surface area contributed by atoms with Crippen LogP contribution < -0.4 is 5.32 Å². The van der Waals surface area contributed by atoms with Crippen LogP contribution in [0.25, 0.3) is 10.1 Å². The molecule has 20 heavy (non-hydrogen) atoms. The normalized spacial score (nSPS) is 21.4. The zero-order valence-electron chi connectivity index (χ0n) is 10.8. The monoisotopic (exact) mass is 289 g/mol. The van der Waals surface area contributed by atoms with Gasteiger partial charge >= 0.3 is 5.97 Å². The molecular formula is C15H15NO3S. The van der Waals surface area contributed by atoms with E-state index >= 15 is 0 Å². The third kappa shape index (κ3) is 2.54. The topological polar surface area (TPSA) is 66.4 Å². The number of benzene rings is 1. The second-order valence-electron chi connectivity index (χ2n) is 5.20. The molecule has 1 fully saturated rings. The highest BCUT2D eigenvalue weighted by Crippen LogP contribution is 2.28. The van der Waals surface area contributed by atoms with Crippen LogP contribution in [0.15, 0.2) is 29.6 Å². The number of nitrogens with one attached hydrogen (secondary N) is 1. The molecule has 2 N–H and O–H groups in total. The molecule has 3 rings (SSSR count). The Morgan fingerprint density at radius 1 is 1.30 bits per heavy atom. The Labute approximate surface area is 120 Å². The van der Waals surface area contributed by atoms with E-state index in [1.165, 1.54) is 4.70 Å². The average Bonchev–Trinajstić information content (AvgIpc) is 2.76. The predicted octanol–water partition coefficient (Wildman–Crippen LogP) is 2.42. The summed E-state index contributed by atoms with van der Waals surface area (Å²) in [5.74, 6) is -1.08. The van der Waals surface area contributed by atoms with Crippen molar-refractivity contribution in [1.82, 2.24) is 5.32 Å². The van der Waals surface area contributed by atoms with Gasteiger partial charge in [0.25, 0.3) is 0 Å². The molecule has 1 aromatic carbocycles. The maximum atomic E-state index is 12.0. The van der Waals surface area contributed by atoms with Crippen LogP contribution in [0.4, 0.5) is 0 Å². The van der Waals surface area contributed by atoms with Gasteiger partial charge in [0, 0.05) is 10.7 Å². The van der Waals surface area contributed by atoms with E-state index in [1.807, 2.05) is 29.6 Å². The summed E-state index contributed by atoms with van der Waals surface area (Å²) in [7, 11) is 0. The minimum Gasteiger partial charge on any atom is -0.481 e. The van der Waals surface area contributed by atoms with Crippen LogP contribution in [-0.4, -0.2) is 23.0 Å². The number of aliphatic carboxylic acids is 1. The van der Waals surface area contributed by atoms with Crippen LogP contribution in [0.1, 0.15) is 18.4 Å². The van der Waals surface area contributed by atoms with Crippen molar-refractivity contribution in [3.8, 4) is 0 Å². The zero-order valence-corrected chi connectivity index (χ0v) is 11.7. The van der Waals surface area contributed by atoms with Crippen LogP contribution in [0.2, 0.25) is 0 Å². The molecule has 4 nitrogen and oxygen atoms in total. The SMILES string of the molecule is O=C(Cc1csc2ccccc12)NC1CC(C(=O)O)C1. The number of carboxylic acids is 1. The number of rotatable bonds is 4. The van der Waals surface area contributed by atoms with Crippen molar-refractivity contribution in [2.24, 2.45) is 5.92 Å². The molecule has 0 atom stereocenters. The first-order valence-electron chi connectivity index (χ1n) is 6.61. The Bertz CT molecular complexity index is 658. The molecule has 0 radical (unpaired) electrons. The summed E-state index contributed by atoms with van der Waals surface area (Å²) >= 11 is 1.64. The molecule has 104 valence electrons. The lowest BCUT2D eigenvalue weighted by molar-refractivity contribution is -0.146. The van der Waals surface area contributed by atoms with E-state index in [9.17, 15) is 9.59 Å². The van der Waals surface area contributed by atoms with Crippen LogP contribution in [0, 0.1) is 5.92 Å². The number of carbonyl (C=O) groups is 2. The standard InChI is InChI=1S/C15H15NO3S/c17-14(16-11-5-9(6-11)15(18)19)7-10-8-20-13-4-2-1-3-12(10)13/h1-4,8-9,11H,5-7H2,(H,16,17)(H,18,19). The molecule has 1 heterocycles. The minimum absolute atomic E-state index is 0.0218. The van der Waals surface area contributed by atoms with Crippen molar-refractivity contribution in [2.75, 3.05) is 0 Å². The molecule has 0 bridgehead atoms. The highest BCUT2D eigenvalue weighted by molar-refractivity contribution is 7.17. The Hall–Kier alpha value is -1.88. The van der Waals surface area contributed by atoms with Gasteiger partial charge in [-0.1, -0.05) is 18.2 Å². The molecule has 1 amide bonds. The smallest absolute Gasteiger partial charge is 0.306 e. The number of amides is 1. The number of hydrogen-bond donors (Lipinski definition) is 2. The molecular weight excluding hydrogens is 274 g/mol. The molecule has 1 aliphatic carbocycles. The van der Waals surface area contributed by atoms with Gasteiger partial charge in [0.15, 0.2) is 0 Å². The van der Waals surface area contributed by atoms with Crippen molar-refractivity contribution in [2.45, 2.75) is 25.3 Å². The Kier molecular flexibility index (Phi) is 3.44. The van der Waals surface area contributed by atoms with Gasteiger partial charge in [-0.25, -0.2) is 0 Å². The Balaban J connectivity index is 1.58. The number of carboxylic acid groups (broad SMARTS) is 1. The van der Waals surface area contributed by atoms with E-state index in [4.69, 9.17) is 5.11 Å². The third-order valence-electron chi connectivity index (χ3n) is 3.76. The average molecular weight is 289 g/mol. The maximum Gasteiger partial charge on any atom is 0.306 e. The molecule has 0 aliphatic heterocycles. The summed E-state index contributed by atoms with van der Waals surface area (Å²) in [6.07, 6.45) is 1.45. The fraction of sp³-hybridized carbons (Fsp3) is 0.333. The van der Waals surface area contributed by atoms with E-state index in [1.54, 1.807) is 11.3 Å². The minimum atomic E-state index is -0.765. The quantitative estimate of drug-likeness (QED) is 0.908. The molecule has 2 aromatic rings. The molecule has 1 aromatic heterocycles. The number of thiophene rings is 1. The Morgan fingerprint density at radius 3 is 2.80 bits per heavy atom. The zero-order chi connectivity index (χ0) is 14.1. The van der Waals surface area contributed by atoms with Crippen molar-refractivity contribution >= 4 is 33.3 Å². The van der Waals surface area contributed by atoms with E-state index in [2.05, 4.69) is 5.32 Å². The first-order chi connectivity index (χ1) is 9.63. The molecule has 1 aliphatic rings. The van der Waals surface area contributed by atoms with Crippen molar-refractivity contribution in [3.63, 3.8) is 0 Å². The van der Waals surface area contributed by atoms with Gasteiger partial charge in [0.05, 0.1) is 12.3 Å². The predicted molar refractivity (Wildman–Crippen MR) is 77.8 cm³/mol. The largest absolute Gasteiger partial charge is 0.481 e. The summed E-state index contributed by atoms with van der Waals surface area (Å²) in [5, 5.41) is 14.9. The summed E-state index contributed by atoms with van der Waals surface area (Å²) in [4.78, 5) is 22.7. The second-order valence-corrected chi connectivity index (χ2v) is 6.12.